The fraction of sp³-hybridized carbons (Fsp3) is 0.261. The molecule has 0 aliphatic carbocycles. The number of benzene rings is 2. The first kappa shape index (κ1) is 23.6. The van der Waals surface area contributed by atoms with E-state index < -0.39 is 11.1 Å². The average Bonchev–Trinajstić information content (AvgIpc) is 3.08. The number of amides is 3. The van der Waals surface area contributed by atoms with Gasteiger partial charge >= 0.3 is 0 Å². The normalized spacial score (nSPS) is 17.7. The Morgan fingerprint density at radius 3 is 2.48 bits per heavy atom. The largest absolute Gasteiger partial charge is 0.489 e. The second-order valence-electron chi connectivity index (χ2n) is 7.37. The molecule has 2 aromatic rings. The van der Waals surface area contributed by atoms with Crippen LogP contribution in [0.3, 0.4) is 0 Å². The van der Waals surface area contributed by atoms with E-state index in [4.69, 9.17) is 32.7 Å². The fourth-order valence-corrected chi connectivity index (χ4v) is 4.45. The summed E-state index contributed by atoms with van der Waals surface area (Å²) in [5, 5.41) is 0.503. The van der Waals surface area contributed by atoms with Gasteiger partial charge in [0.25, 0.3) is 11.1 Å². The first-order chi connectivity index (χ1) is 15.9. The van der Waals surface area contributed by atoms with Gasteiger partial charge in [0.1, 0.15) is 18.9 Å². The van der Waals surface area contributed by atoms with Gasteiger partial charge in [-0.3, -0.25) is 19.3 Å². The molecule has 0 radical (unpaired) electrons. The number of morpholine rings is 1. The molecule has 7 nitrogen and oxygen atoms in total. The van der Waals surface area contributed by atoms with Crippen molar-refractivity contribution in [2.24, 2.45) is 0 Å². The van der Waals surface area contributed by atoms with Gasteiger partial charge < -0.3 is 14.4 Å². The van der Waals surface area contributed by atoms with Crippen molar-refractivity contribution in [3.63, 3.8) is 0 Å². The Kier molecular flexibility index (Phi) is 7.60. The fourth-order valence-electron chi connectivity index (χ4n) is 3.29. The topological polar surface area (TPSA) is 76.2 Å². The van der Waals surface area contributed by atoms with Crippen LogP contribution in [-0.2, 0) is 20.9 Å². The van der Waals surface area contributed by atoms with E-state index in [0.29, 0.717) is 48.7 Å². The van der Waals surface area contributed by atoms with Crippen LogP contribution in [0.1, 0.15) is 11.1 Å². The van der Waals surface area contributed by atoms with Crippen LogP contribution in [0, 0.1) is 0 Å². The highest BCUT2D eigenvalue weighted by atomic mass is 35.5. The maximum Gasteiger partial charge on any atom is 0.294 e. The monoisotopic (exact) mass is 506 g/mol. The Morgan fingerprint density at radius 1 is 1.06 bits per heavy atom. The van der Waals surface area contributed by atoms with Gasteiger partial charge in [-0.05, 0) is 53.2 Å². The van der Waals surface area contributed by atoms with Gasteiger partial charge in [-0.2, -0.15) is 0 Å². The lowest BCUT2D eigenvalue weighted by atomic mass is 10.2. The third-order valence-electron chi connectivity index (χ3n) is 5.10. The lowest BCUT2D eigenvalue weighted by molar-refractivity contribution is -0.139. The number of ether oxygens (including phenoxy) is 2. The molecule has 0 bridgehead atoms. The number of nitrogens with zero attached hydrogens (tertiary/aromatic N) is 2. The summed E-state index contributed by atoms with van der Waals surface area (Å²) < 4.78 is 11.0. The number of imide groups is 1. The van der Waals surface area contributed by atoms with Crippen LogP contribution in [-0.4, -0.2) is 59.7 Å². The molecule has 33 heavy (non-hydrogen) atoms. The van der Waals surface area contributed by atoms with Crippen molar-refractivity contribution in [2.75, 3.05) is 32.8 Å². The molecule has 0 spiro atoms. The molecule has 2 saturated heterocycles. The molecule has 0 atom stereocenters. The summed E-state index contributed by atoms with van der Waals surface area (Å²) in [6.45, 7) is 1.91. The Bertz CT molecular complexity index is 1100. The smallest absolute Gasteiger partial charge is 0.294 e. The van der Waals surface area contributed by atoms with Gasteiger partial charge in [-0.15, -0.1) is 0 Å². The molecule has 3 amide bonds. The number of rotatable bonds is 6. The van der Waals surface area contributed by atoms with Crippen molar-refractivity contribution < 1.29 is 23.9 Å². The maximum atomic E-state index is 12.7. The van der Waals surface area contributed by atoms with E-state index in [1.54, 1.807) is 47.4 Å². The van der Waals surface area contributed by atoms with Crippen LogP contribution in [0.25, 0.3) is 6.08 Å². The van der Waals surface area contributed by atoms with Gasteiger partial charge in [0.05, 0.1) is 28.2 Å². The summed E-state index contributed by atoms with van der Waals surface area (Å²) in [4.78, 5) is 40.3. The second kappa shape index (κ2) is 10.6. The van der Waals surface area contributed by atoms with Crippen LogP contribution in [0.4, 0.5) is 4.79 Å². The van der Waals surface area contributed by atoms with E-state index in [1.807, 2.05) is 6.07 Å². The number of hydrogen-bond donors (Lipinski definition) is 0. The standard InChI is InChI=1S/C23H20Cl2N2O5S/c24-18-6-3-16(11-19(18)25)14-32-17-4-1-15(2-5-17)12-20-22(29)27(23(30)33-20)13-21(28)26-7-9-31-10-8-26/h1-6,11-12H,7-10,13-14H2/b20-12+. The highest BCUT2D eigenvalue weighted by Crippen LogP contribution is 2.32. The molecule has 0 unspecified atom stereocenters. The van der Waals surface area contributed by atoms with E-state index >= 15 is 0 Å². The molecular weight excluding hydrogens is 487 g/mol. The van der Waals surface area contributed by atoms with Crippen LogP contribution < -0.4 is 4.74 Å². The van der Waals surface area contributed by atoms with Crippen LogP contribution in [0.2, 0.25) is 10.0 Å². The zero-order valence-electron chi connectivity index (χ0n) is 17.5. The molecule has 2 fully saturated rings. The number of carbonyl (C=O) groups is 3. The van der Waals surface area contributed by atoms with Crippen LogP contribution in [0.5, 0.6) is 5.75 Å². The molecule has 10 heteroatoms. The molecule has 2 heterocycles. The number of carbonyl (C=O) groups excluding carboxylic acids is 3. The van der Waals surface area contributed by atoms with Crippen LogP contribution in [0.15, 0.2) is 47.4 Å². The Balaban J connectivity index is 1.36. The highest BCUT2D eigenvalue weighted by Gasteiger charge is 2.37. The second-order valence-corrected chi connectivity index (χ2v) is 9.17. The Morgan fingerprint density at radius 2 is 1.79 bits per heavy atom. The summed E-state index contributed by atoms with van der Waals surface area (Å²) in [5.74, 6) is -0.0840. The maximum absolute atomic E-state index is 12.7. The third kappa shape index (κ3) is 5.89. The van der Waals surface area contributed by atoms with E-state index in [-0.39, 0.29) is 17.4 Å². The number of halogens is 2. The van der Waals surface area contributed by atoms with Crippen molar-refractivity contribution in [3.05, 3.63) is 68.5 Å². The molecular formula is C23H20Cl2N2O5S. The molecule has 2 aliphatic heterocycles. The van der Waals surface area contributed by atoms with E-state index in [1.165, 1.54) is 0 Å². The minimum absolute atomic E-state index is 0.259. The summed E-state index contributed by atoms with van der Waals surface area (Å²) in [6.07, 6.45) is 1.63. The van der Waals surface area contributed by atoms with Crippen molar-refractivity contribution >= 4 is 58.1 Å². The lowest BCUT2D eigenvalue weighted by Crippen LogP contribution is -2.46. The molecule has 0 N–H and O–H groups in total. The third-order valence-corrected chi connectivity index (χ3v) is 6.74. The van der Waals surface area contributed by atoms with E-state index in [2.05, 4.69) is 0 Å². The van der Waals surface area contributed by atoms with Crippen molar-refractivity contribution in [3.8, 4) is 5.75 Å². The van der Waals surface area contributed by atoms with Gasteiger partial charge in [0, 0.05) is 13.1 Å². The summed E-state index contributed by atoms with van der Waals surface area (Å²) >= 11 is 12.8. The Labute approximate surface area is 205 Å². The van der Waals surface area contributed by atoms with Crippen LogP contribution >= 0.6 is 35.0 Å². The first-order valence-corrected chi connectivity index (χ1v) is 11.8. The lowest BCUT2D eigenvalue weighted by Gasteiger charge is -2.28. The predicted molar refractivity (Wildman–Crippen MR) is 127 cm³/mol. The minimum Gasteiger partial charge on any atom is -0.489 e. The summed E-state index contributed by atoms with van der Waals surface area (Å²) in [5.41, 5.74) is 1.62. The number of thioether (sulfide) groups is 1. The average molecular weight is 507 g/mol. The summed E-state index contributed by atoms with van der Waals surface area (Å²) in [6, 6.07) is 12.4. The Hall–Kier alpha value is -2.52. The number of hydrogen-bond acceptors (Lipinski definition) is 6. The SMILES string of the molecule is O=C(CN1C(=O)S/C(=C/c2ccc(OCc3ccc(Cl)c(Cl)c3)cc2)C1=O)N1CCOCC1. The summed E-state index contributed by atoms with van der Waals surface area (Å²) in [7, 11) is 0. The molecule has 0 saturated carbocycles. The predicted octanol–water partition coefficient (Wildman–Crippen LogP) is 4.47. The van der Waals surface area contributed by atoms with Gasteiger partial charge in [-0.25, -0.2) is 0 Å². The van der Waals surface area contributed by atoms with Gasteiger partial charge in [0.15, 0.2) is 0 Å². The van der Waals surface area contributed by atoms with E-state index in [9.17, 15) is 14.4 Å². The minimum atomic E-state index is -0.466. The van der Waals surface area contributed by atoms with Crippen molar-refractivity contribution in [2.45, 2.75) is 6.61 Å². The van der Waals surface area contributed by atoms with Gasteiger partial charge in [-0.1, -0.05) is 41.4 Å². The van der Waals surface area contributed by atoms with Crippen molar-refractivity contribution in [1.82, 2.24) is 9.80 Å². The highest BCUT2D eigenvalue weighted by molar-refractivity contribution is 8.18. The van der Waals surface area contributed by atoms with Gasteiger partial charge in [0.2, 0.25) is 5.91 Å². The molecule has 0 aromatic heterocycles. The zero-order valence-corrected chi connectivity index (χ0v) is 19.8. The van der Waals surface area contributed by atoms with E-state index in [0.717, 1.165) is 27.8 Å². The molecule has 2 aliphatic rings. The molecule has 172 valence electrons. The zero-order chi connectivity index (χ0) is 23.4. The quantitative estimate of drug-likeness (QED) is 0.538. The first-order valence-electron chi connectivity index (χ1n) is 10.2. The molecule has 2 aromatic carbocycles. The molecule has 4 rings (SSSR count). The van der Waals surface area contributed by atoms with Crippen molar-refractivity contribution in [1.29, 1.82) is 0 Å².